The second-order valence-electron chi connectivity index (χ2n) is 3.20. The average molecular weight is 188 g/mol. The van der Waals surface area contributed by atoms with Crippen molar-refractivity contribution in [1.82, 2.24) is 0 Å². The fraction of sp³-hybridized carbons (Fsp3) is 0.778. The Labute approximate surface area is 77.8 Å². The second kappa shape index (κ2) is 4.72. The SMILES string of the molecule is C=CCO[C@@H]1C[C@@H](O)[C@H](C)OC1O. The molecule has 0 saturated carbocycles. The third-order valence-electron chi connectivity index (χ3n) is 2.12. The van der Waals surface area contributed by atoms with Crippen LogP contribution in [0.4, 0.5) is 0 Å². The Morgan fingerprint density at radius 2 is 2.31 bits per heavy atom. The normalized spacial score (nSPS) is 40.2. The molecular weight excluding hydrogens is 172 g/mol. The molecule has 0 aromatic carbocycles. The van der Waals surface area contributed by atoms with Crippen molar-refractivity contribution in [3.8, 4) is 0 Å². The fourth-order valence-electron chi connectivity index (χ4n) is 1.29. The van der Waals surface area contributed by atoms with Crippen molar-refractivity contribution < 1.29 is 19.7 Å². The Morgan fingerprint density at radius 1 is 1.62 bits per heavy atom. The Hall–Kier alpha value is -0.420. The van der Waals surface area contributed by atoms with Gasteiger partial charge in [0, 0.05) is 6.42 Å². The highest BCUT2D eigenvalue weighted by molar-refractivity contribution is 4.79. The van der Waals surface area contributed by atoms with E-state index >= 15 is 0 Å². The summed E-state index contributed by atoms with van der Waals surface area (Å²) in [7, 11) is 0. The minimum Gasteiger partial charge on any atom is -0.390 e. The maximum Gasteiger partial charge on any atom is 0.181 e. The van der Waals surface area contributed by atoms with Crippen LogP contribution in [0.1, 0.15) is 13.3 Å². The minimum absolute atomic E-state index is 0.335. The number of aliphatic hydroxyl groups excluding tert-OH is 2. The summed E-state index contributed by atoms with van der Waals surface area (Å²) >= 11 is 0. The molecule has 1 aliphatic heterocycles. The van der Waals surface area contributed by atoms with Crippen molar-refractivity contribution in [3.05, 3.63) is 12.7 Å². The quantitative estimate of drug-likeness (QED) is 0.614. The zero-order valence-corrected chi connectivity index (χ0v) is 7.72. The smallest absolute Gasteiger partial charge is 0.181 e. The molecule has 13 heavy (non-hydrogen) atoms. The largest absolute Gasteiger partial charge is 0.390 e. The zero-order valence-electron chi connectivity index (χ0n) is 7.72. The van der Waals surface area contributed by atoms with Crippen LogP contribution in [0.25, 0.3) is 0 Å². The first-order valence-electron chi connectivity index (χ1n) is 4.39. The van der Waals surface area contributed by atoms with Crippen LogP contribution in [-0.4, -0.2) is 41.4 Å². The molecule has 1 heterocycles. The van der Waals surface area contributed by atoms with Crippen molar-refractivity contribution >= 4 is 0 Å². The molecule has 4 heteroatoms. The van der Waals surface area contributed by atoms with Crippen LogP contribution in [0.2, 0.25) is 0 Å². The summed E-state index contributed by atoms with van der Waals surface area (Å²) in [6.07, 6.45) is -0.313. The van der Waals surface area contributed by atoms with E-state index in [1.54, 1.807) is 13.0 Å². The number of hydrogen-bond acceptors (Lipinski definition) is 4. The van der Waals surface area contributed by atoms with Gasteiger partial charge in [0.15, 0.2) is 6.29 Å². The van der Waals surface area contributed by atoms with Gasteiger partial charge >= 0.3 is 0 Å². The molecule has 0 bridgehead atoms. The van der Waals surface area contributed by atoms with Crippen LogP contribution in [0.15, 0.2) is 12.7 Å². The van der Waals surface area contributed by atoms with Crippen molar-refractivity contribution in [1.29, 1.82) is 0 Å². The molecule has 0 radical (unpaired) electrons. The lowest BCUT2D eigenvalue weighted by Gasteiger charge is -2.34. The third kappa shape index (κ3) is 2.77. The van der Waals surface area contributed by atoms with Crippen LogP contribution < -0.4 is 0 Å². The van der Waals surface area contributed by atoms with Crippen molar-refractivity contribution in [3.63, 3.8) is 0 Å². The van der Waals surface area contributed by atoms with E-state index in [0.29, 0.717) is 13.0 Å². The molecule has 1 saturated heterocycles. The zero-order chi connectivity index (χ0) is 9.84. The van der Waals surface area contributed by atoms with Gasteiger partial charge in [-0.1, -0.05) is 6.08 Å². The van der Waals surface area contributed by atoms with Gasteiger partial charge in [0.05, 0.1) is 18.8 Å². The summed E-state index contributed by atoms with van der Waals surface area (Å²) in [6.45, 7) is 5.57. The topological polar surface area (TPSA) is 58.9 Å². The van der Waals surface area contributed by atoms with Gasteiger partial charge in [-0.05, 0) is 6.92 Å². The standard InChI is InChI=1S/C9H16O4/c1-3-4-12-8-5-7(10)6(2)13-9(8)11/h3,6-11H,1,4-5H2,2H3/t6-,7+,8+,9?/m0/s1. The maximum atomic E-state index is 9.42. The van der Waals surface area contributed by atoms with Crippen molar-refractivity contribution in [2.75, 3.05) is 6.61 Å². The molecule has 0 aromatic heterocycles. The highest BCUT2D eigenvalue weighted by Gasteiger charge is 2.34. The molecule has 2 N–H and O–H groups in total. The monoisotopic (exact) mass is 188 g/mol. The molecule has 0 amide bonds. The number of rotatable bonds is 3. The van der Waals surface area contributed by atoms with Gasteiger partial charge in [-0.25, -0.2) is 0 Å². The fourth-order valence-corrected chi connectivity index (χ4v) is 1.29. The number of ether oxygens (including phenoxy) is 2. The molecule has 0 aromatic rings. The van der Waals surface area contributed by atoms with Crippen LogP contribution in [0, 0.1) is 0 Å². The summed E-state index contributed by atoms with van der Waals surface area (Å²) < 4.78 is 10.3. The van der Waals surface area contributed by atoms with E-state index in [-0.39, 0.29) is 6.10 Å². The van der Waals surface area contributed by atoms with E-state index < -0.39 is 18.5 Å². The average Bonchev–Trinajstić information content (AvgIpc) is 2.09. The van der Waals surface area contributed by atoms with Gasteiger partial charge < -0.3 is 19.7 Å². The summed E-state index contributed by atoms with van der Waals surface area (Å²) in [5.41, 5.74) is 0. The first-order chi connectivity index (χ1) is 6.15. The van der Waals surface area contributed by atoms with Gasteiger partial charge in [-0.15, -0.1) is 6.58 Å². The van der Waals surface area contributed by atoms with Crippen LogP contribution in [0.5, 0.6) is 0 Å². The van der Waals surface area contributed by atoms with Crippen molar-refractivity contribution in [2.24, 2.45) is 0 Å². The maximum absolute atomic E-state index is 9.42. The summed E-state index contributed by atoms with van der Waals surface area (Å²) in [6, 6.07) is 0. The number of hydrogen-bond donors (Lipinski definition) is 2. The van der Waals surface area contributed by atoms with Gasteiger partial charge in [0.2, 0.25) is 0 Å². The first-order valence-corrected chi connectivity index (χ1v) is 4.39. The molecule has 0 aliphatic carbocycles. The third-order valence-corrected chi connectivity index (χ3v) is 2.12. The van der Waals surface area contributed by atoms with E-state index in [9.17, 15) is 10.2 Å². The molecule has 4 atom stereocenters. The minimum atomic E-state index is -0.946. The van der Waals surface area contributed by atoms with E-state index in [4.69, 9.17) is 9.47 Å². The van der Waals surface area contributed by atoms with E-state index in [1.165, 1.54) is 0 Å². The molecule has 4 nitrogen and oxygen atoms in total. The van der Waals surface area contributed by atoms with Gasteiger partial charge in [-0.3, -0.25) is 0 Å². The van der Waals surface area contributed by atoms with Crippen LogP contribution in [0.3, 0.4) is 0 Å². The predicted molar refractivity (Wildman–Crippen MR) is 47.1 cm³/mol. The lowest BCUT2D eigenvalue weighted by Crippen LogP contribution is -2.47. The Kier molecular flexibility index (Phi) is 3.87. The van der Waals surface area contributed by atoms with Gasteiger partial charge in [0.25, 0.3) is 0 Å². The molecule has 1 unspecified atom stereocenters. The number of aliphatic hydroxyl groups is 2. The van der Waals surface area contributed by atoms with Crippen molar-refractivity contribution in [2.45, 2.75) is 37.9 Å². The summed E-state index contributed by atoms with van der Waals surface area (Å²) in [5, 5.41) is 18.8. The lowest BCUT2D eigenvalue weighted by atomic mass is 10.0. The summed E-state index contributed by atoms with van der Waals surface area (Å²) in [5.74, 6) is 0. The van der Waals surface area contributed by atoms with Gasteiger partial charge in [-0.2, -0.15) is 0 Å². The highest BCUT2D eigenvalue weighted by atomic mass is 16.6. The first kappa shape index (κ1) is 10.7. The van der Waals surface area contributed by atoms with E-state index in [0.717, 1.165) is 0 Å². The molecular formula is C9H16O4. The van der Waals surface area contributed by atoms with Crippen LogP contribution >= 0.6 is 0 Å². The van der Waals surface area contributed by atoms with Gasteiger partial charge in [0.1, 0.15) is 6.10 Å². The second-order valence-corrected chi connectivity index (χ2v) is 3.20. The van der Waals surface area contributed by atoms with E-state index in [1.807, 2.05) is 0 Å². The lowest BCUT2D eigenvalue weighted by molar-refractivity contribution is -0.249. The molecule has 76 valence electrons. The summed E-state index contributed by atoms with van der Waals surface area (Å²) in [4.78, 5) is 0. The molecule has 0 spiro atoms. The Balaban J connectivity index is 2.41. The molecule has 1 fully saturated rings. The van der Waals surface area contributed by atoms with Crippen LogP contribution in [-0.2, 0) is 9.47 Å². The Morgan fingerprint density at radius 3 is 2.92 bits per heavy atom. The highest BCUT2D eigenvalue weighted by Crippen LogP contribution is 2.20. The Bertz CT molecular complexity index is 171. The molecule has 1 rings (SSSR count). The van der Waals surface area contributed by atoms with E-state index in [2.05, 4.69) is 6.58 Å². The molecule has 1 aliphatic rings. The predicted octanol–water partition coefficient (Wildman–Crippen LogP) is 0.0457.